The molecule has 2 heterocycles. The first-order chi connectivity index (χ1) is 10.2. The summed E-state index contributed by atoms with van der Waals surface area (Å²) in [6, 6.07) is 5.07. The molecule has 0 spiro atoms. The normalized spacial score (nSPS) is 17.1. The molecule has 5 nitrogen and oxygen atoms in total. The van der Waals surface area contributed by atoms with E-state index in [9.17, 15) is 4.39 Å². The highest BCUT2D eigenvalue weighted by atomic mass is 19.1. The first kappa shape index (κ1) is 12.3. The zero-order valence-corrected chi connectivity index (χ0v) is 11.4. The van der Waals surface area contributed by atoms with Crippen molar-refractivity contribution in [2.75, 3.05) is 5.32 Å². The van der Waals surface area contributed by atoms with Crippen molar-refractivity contribution in [3.63, 3.8) is 0 Å². The van der Waals surface area contributed by atoms with E-state index in [0.717, 1.165) is 35.0 Å². The number of nitrogens with zero attached hydrogens (tertiary/aromatic N) is 3. The van der Waals surface area contributed by atoms with Gasteiger partial charge < -0.3 is 9.84 Å². The van der Waals surface area contributed by atoms with Gasteiger partial charge in [0, 0.05) is 0 Å². The van der Waals surface area contributed by atoms with E-state index < -0.39 is 0 Å². The van der Waals surface area contributed by atoms with Gasteiger partial charge in [0.2, 0.25) is 0 Å². The van der Waals surface area contributed by atoms with E-state index in [2.05, 4.69) is 20.4 Å². The lowest BCUT2D eigenvalue weighted by atomic mass is 10.1. The van der Waals surface area contributed by atoms with Crippen LogP contribution in [0.4, 0.5) is 10.2 Å². The predicted molar refractivity (Wildman–Crippen MR) is 75.4 cm³/mol. The summed E-state index contributed by atoms with van der Waals surface area (Å²) in [5, 5.41) is 8.13. The molecule has 21 heavy (non-hydrogen) atoms. The molecule has 1 aliphatic rings. The summed E-state index contributed by atoms with van der Waals surface area (Å²) in [7, 11) is 0. The second-order valence-corrected chi connectivity index (χ2v) is 5.25. The van der Waals surface area contributed by atoms with E-state index in [4.69, 9.17) is 4.52 Å². The van der Waals surface area contributed by atoms with Crippen LogP contribution in [-0.2, 0) is 6.42 Å². The minimum atomic E-state index is -0.186. The number of rotatable bonds is 2. The van der Waals surface area contributed by atoms with E-state index in [1.165, 1.54) is 12.4 Å². The molecule has 1 unspecified atom stereocenters. The van der Waals surface area contributed by atoms with Crippen LogP contribution >= 0.6 is 0 Å². The van der Waals surface area contributed by atoms with Gasteiger partial charge in [-0.1, -0.05) is 11.2 Å². The molecule has 2 aromatic heterocycles. The highest BCUT2D eigenvalue weighted by Crippen LogP contribution is 2.35. The number of hydrogen-bond donors (Lipinski definition) is 1. The number of benzene rings is 1. The topological polar surface area (TPSA) is 63.8 Å². The highest BCUT2D eigenvalue weighted by Gasteiger charge is 2.24. The van der Waals surface area contributed by atoms with Crippen molar-refractivity contribution in [2.45, 2.75) is 25.8 Å². The largest absolute Gasteiger partial charge is 0.362 e. The van der Waals surface area contributed by atoms with Crippen LogP contribution < -0.4 is 5.32 Å². The number of aromatic nitrogens is 3. The second kappa shape index (κ2) is 4.51. The molecule has 0 fully saturated rings. The second-order valence-electron chi connectivity index (χ2n) is 5.25. The molecule has 0 amide bonds. The van der Waals surface area contributed by atoms with Crippen molar-refractivity contribution >= 4 is 16.9 Å². The molecule has 1 aliphatic carbocycles. The van der Waals surface area contributed by atoms with Gasteiger partial charge in [-0.15, -0.1) is 0 Å². The number of fused-ring (bicyclic) bond motifs is 2. The van der Waals surface area contributed by atoms with E-state index >= 15 is 0 Å². The number of aryl methyl sites for hydroxylation is 2. The third kappa shape index (κ3) is 1.94. The molecule has 0 aliphatic heterocycles. The van der Waals surface area contributed by atoms with Crippen molar-refractivity contribution in [2.24, 2.45) is 0 Å². The molecule has 1 atom stereocenters. The van der Waals surface area contributed by atoms with Gasteiger partial charge in [0.25, 0.3) is 5.71 Å². The summed E-state index contributed by atoms with van der Waals surface area (Å²) < 4.78 is 18.4. The Morgan fingerprint density at radius 3 is 3.14 bits per heavy atom. The molecule has 6 heteroatoms. The number of halogens is 1. The summed E-state index contributed by atoms with van der Waals surface area (Å²) in [5.41, 5.74) is 3.41. The Bertz CT molecular complexity index is 830. The zero-order chi connectivity index (χ0) is 14.4. The first-order valence-corrected chi connectivity index (χ1v) is 6.84. The lowest BCUT2D eigenvalue weighted by Gasteiger charge is -2.15. The van der Waals surface area contributed by atoms with Crippen LogP contribution in [-0.4, -0.2) is 15.1 Å². The molecule has 0 saturated carbocycles. The molecular weight excluding hydrogens is 271 g/mol. The highest BCUT2D eigenvalue weighted by molar-refractivity contribution is 5.87. The Labute approximate surface area is 120 Å². The SMILES string of the molecule is Cc1noc2ncnc(NC3CCc4cc(F)ccc43)c12. The fourth-order valence-electron chi connectivity index (χ4n) is 2.93. The standard InChI is InChI=1S/C15H13FN4O/c1-8-13-14(17-7-18-15(13)21-20-8)19-12-5-2-9-6-10(16)3-4-11(9)12/h3-4,6-7,12H,2,5H2,1H3,(H,17,18,19). The average molecular weight is 284 g/mol. The van der Waals surface area contributed by atoms with Gasteiger partial charge in [-0.05, 0) is 43.0 Å². The molecule has 0 saturated heterocycles. The van der Waals surface area contributed by atoms with Gasteiger partial charge in [-0.25, -0.2) is 9.37 Å². The van der Waals surface area contributed by atoms with Gasteiger partial charge in [0.15, 0.2) is 0 Å². The van der Waals surface area contributed by atoms with Gasteiger partial charge in [-0.2, -0.15) is 4.98 Å². The van der Waals surface area contributed by atoms with Gasteiger partial charge in [0.1, 0.15) is 23.3 Å². The summed E-state index contributed by atoms with van der Waals surface area (Å²) >= 11 is 0. The number of anilines is 1. The van der Waals surface area contributed by atoms with Crippen molar-refractivity contribution in [1.29, 1.82) is 0 Å². The van der Waals surface area contributed by atoms with Crippen LogP contribution in [0.5, 0.6) is 0 Å². The molecule has 3 aromatic rings. The van der Waals surface area contributed by atoms with Crippen LogP contribution in [0.3, 0.4) is 0 Å². The van der Waals surface area contributed by atoms with Crippen LogP contribution in [0.1, 0.15) is 29.3 Å². The Morgan fingerprint density at radius 1 is 1.33 bits per heavy atom. The van der Waals surface area contributed by atoms with Crippen molar-refractivity contribution < 1.29 is 8.91 Å². The van der Waals surface area contributed by atoms with Crippen molar-refractivity contribution in [3.8, 4) is 0 Å². The summed E-state index contributed by atoms with van der Waals surface area (Å²) in [6.45, 7) is 1.86. The van der Waals surface area contributed by atoms with Gasteiger partial charge >= 0.3 is 0 Å². The first-order valence-electron chi connectivity index (χ1n) is 6.84. The summed E-state index contributed by atoms with van der Waals surface area (Å²) in [6.07, 6.45) is 3.23. The Balaban J connectivity index is 1.72. The summed E-state index contributed by atoms with van der Waals surface area (Å²) in [4.78, 5) is 8.36. The van der Waals surface area contributed by atoms with Crippen LogP contribution in [0.25, 0.3) is 11.1 Å². The predicted octanol–water partition coefficient (Wildman–Crippen LogP) is 3.16. The monoisotopic (exact) mass is 284 g/mol. The van der Waals surface area contributed by atoms with Gasteiger partial charge in [-0.3, -0.25) is 0 Å². The lowest BCUT2D eigenvalue weighted by molar-refractivity contribution is 0.442. The van der Waals surface area contributed by atoms with E-state index in [1.807, 2.05) is 13.0 Å². The fraction of sp³-hybridized carbons (Fsp3) is 0.267. The number of hydrogen-bond acceptors (Lipinski definition) is 5. The van der Waals surface area contributed by atoms with Crippen molar-refractivity contribution in [3.05, 3.63) is 47.2 Å². The molecular formula is C15H13FN4O. The third-order valence-electron chi connectivity index (χ3n) is 3.94. The van der Waals surface area contributed by atoms with Crippen LogP contribution in [0, 0.1) is 12.7 Å². The third-order valence-corrected chi connectivity index (χ3v) is 3.94. The van der Waals surface area contributed by atoms with E-state index in [-0.39, 0.29) is 11.9 Å². The number of nitrogens with one attached hydrogen (secondary N) is 1. The van der Waals surface area contributed by atoms with Gasteiger partial charge in [0.05, 0.1) is 11.7 Å². The maximum absolute atomic E-state index is 13.3. The lowest BCUT2D eigenvalue weighted by Crippen LogP contribution is -2.09. The Kier molecular flexibility index (Phi) is 2.63. The van der Waals surface area contributed by atoms with Crippen molar-refractivity contribution in [1.82, 2.24) is 15.1 Å². The average Bonchev–Trinajstić information content (AvgIpc) is 3.04. The van der Waals surface area contributed by atoms with Crippen LogP contribution in [0.2, 0.25) is 0 Å². The fourth-order valence-corrected chi connectivity index (χ4v) is 2.93. The maximum Gasteiger partial charge on any atom is 0.263 e. The molecule has 1 aromatic carbocycles. The zero-order valence-electron chi connectivity index (χ0n) is 11.4. The molecule has 1 N–H and O–H groups in total. The van der Waals surface area contributed by atoms with E-state index in [1.54, 1.807) is 6.07 Å². The minimum Gasteiger partial charge on any atom is -0.362 e. The maximum atomic E-state index is 13.3. The molecule has 0 radical (unpaired) electrons. The minimum absolute atomic E-state index is 0.119. The Hall–Kier alpha value is -2.50. The molecule has 0 bridgehead atoms. The van der Waals surface area contributed by atoms with Crippen LogP contribution in [0.15, 0.2) is 29.0 Å². The smallest absolute Gasteiger partial charge is 0.263 e. The quantitative estimate of drug-likeness (QED) is 0.783. The molecule has 106 valence electrons. The van der Waals surface area contributed by atoms with E-state index in [0.29, 0.717) is 11.5 Å². The molecule has 4 rings (SSSR count). The summed E-state index contributed by atoms with van der Waals surface area (Å²) in [5.74, 6) is 0.523. The Morgan fingerprint density at radius 2 is 2.24 bits per heavy atom.